The summed E-state index contributed by atoms with van der Waals surface area (Å²) in [5, 5.41) is 3.79. The summed E-state index contributed by atoms with van der Waals surface area (Å²) < 4.78 is 6.19. The minimum absolute atomic E-state index is 0.0563. The van der Waals surface area contributed by atoms with Gasteiger partial charge in [0.05, 0.1) is 0 Å². The molecule has 0 unspecified atom stereocenters. The van der Waals surface area contributed by atoms with Gasteiger partial charge in [-0.15, -0.1) is 0 Å². The van der Waals surface area contributed by atoms with Gasteiger partial charge in [-0.05, 0) is 135 Å². The number of nitrogens with zero attached hydrogens (tertiary/aromatic N) is 1. The van der Waals surface area contributed by atoms with E-state index >= 15 is 0 Å². The van der Waals surface area contributed by atoms with Gasteiger partial charge >= 0.3 is 5.97 Å². The lowest BCUT2D eigenvalue weighted by Crippen LogP contribution is -2.66. The highest BCUT2D eigenvalue weighted by atomic mass is 16.5. The van der Waals surface area contributed by atoms with Gasteiger partial charge in [-0.3, -0.25) is 9.59 Å². The number of primary amides is 1. The minimum atomic E-state index is -0.352. The van der Waals surface area contributed by atoms with Gasteiger partial charge in [0.1, 0.15) is 6.10 Å². The monoisotopic (exact) mass is 654 g/mol. The van der Waals surface area contributed by atoms with E-state index < -0.39 is 0 Å². The summed E-state index contributed by atoms with van der Waals surface area (Å²) in [6.07, 6.45) is 13.7. The molecule has 6 heteroatoms. The lowest BCUT2D eigenvalue weighted by molar-refractivity contribution is -0.249. The summed E-state index contributed by atoms with van der Waals surface area (Å²) in [5.74, 6) is 2.89. The van der Waals surface area contributed by atoms with E-state index in [4.69, 9.17) is 17.0 Å². The molecule has 5 rings (SSSR count). The summed E-state index contributed by atoms with van der Waals surface area (Å²) in [5.41, 5.74) is 8.08. The highest BCUT2D eigenvalue weighted by molar-refractivity contribution is 5.75. The third-order valence-corrected chi connectivity index (χ3v) is 16.2. The Morgan fingerprint density at radius 2 is 1.57 bits per heavy atom. The van der Waals surface area contributed by atoms with Crippen LogP contribution in [0.25, 0.3) is 0 Å². The van der Waals surface area contributed by atoms with Gasteiger partial charge in [-0.1, -0.05) is 67.5 Å². The molecule has 5 fully saturated rings. The van der Waals surface area contributed by atoms with Crippen molar-refractivity contribution in [3.63, 3.8) is 0 Å². The van der Waals surface area contributed by atoms with E-state index in [0.717, 1.165) is 57.4 Å². The molecule has 0 heterocycles. The van der Waals surface area contributed by atoms with Crippen LogP contribution in [0.15, 0.2) is 12.2 Å². The molecule has 0 spiro atoms. The molecule has 0 aliphatic heterocycles. The van der Waals surface area contributed by atoms with E-state index in [1.807, 2.05) is 0 Å². The molecule has 5 aliphatic rings. The zero-order valence-corrected chi connectivity index (χ0v) is 31.6. The van der Waals surface area contributed by atoms with Crippen LogP contribution < -0.4 is 11.1 Å². The number of hydrogen-bond donors (Lipinski definition) is 2. The van der Waals surface area contributed by atoms with Crippen LogP contribution in [0.1, 0.15) is 139 Å². The molecule has 5 saturated carbocycles. The second kappa shape index (κ2) is 13.7. The van der Waals surface area contributed by atoms with Crippen LogP contribution in [-0.4, -0.2) is 55.6 Å². The second-order valence-electron chi connectivity index (χ2n) is 18.5. The van der Waals surface area contributed by atoms with Crippen LogP contribution >= 0.6 is 0 Å². The second-order valence-corrected chi connectivity index (χ2v) is 18.5. The lowest BCUT2D eigenvalue weighted by Gasteiger charge is -2.73. The van der Waals surface area contributed by atoms with Crippen molar-refractivity contribution in [1.29, 1.82) is 0 Å². The predicted molar refractivity (Wildman–Crippen MR) is 193 cm³/mol. The first-order chi connectivity index (χ1) is 22.1. The Morgan fingerprint density at radius 3 is 2.26 bits per heavy atom. The Kier molecular flexibility index (Phi) is 10.8. The normalized spacial score (nSPS) is 42.1. The third kappa shape index (κ3) is 6.38. The van der Waals surface area contributed by atoms with Gasteiger partial charge in [0.15, 0.2) is 0 Å². The highest BCUT2D eigenvalue weighted by Crippen LogP contribution is 2.77. The van der Waals surface area contributed by atoms with Crippen molar-refractivity contribution in [2.24, 2.45) is 62.4 Å². The van der Waals surface area contributed by atoms with Gasteiger partial charge in [0.25, 0.3) is 0 Å². The molecule has 0 aromatic heterocycles. The molecule has 1 amide bonds. The van der Waals surface area contributed by atoms with Crippen LogP contribution in [-0.2, 0) is 14.3 Å². The average Bonchev–Trinajstić information content (AvgIpc) is 3.36. The Balaban J connectivity index is 1.30. The Morgan fingerprint density at radius 1 is 0.851 bits per heavy atom. The number of amides is 1. The standard InChI is InChI=1S/C41H71N3O3/c1-10-44(11-2)26-25-43-27-28(3)29-17-20-38(6)23-24-40(8)30(36(29)38)15-16-32-39(7)21-19-33(47-35(46)14-12-13-34(42)45)37(4,5)31(39)18-22-41(32,40)9/h29-33,36,43H,3,10-27H2,1-2,4-9H3,(H2,42,45)/t29-,30+,31-,32+,33-,36+,38+,39-,40+,41+/m0/s1. The molecule has 268 valence electrons. The first-order valence-corrected chi connectivity index (χ1v) is 19.7. The van der Waals surface area contributed by atoms with Gasteiger partial charge in [0.2, 0.25) is 5.91 Å². The molecule has 6 nitrogen and oxygen atoms in total. The zero-order valence-electron chi connectivity index (χ0n) is 31.6. The number of rotatable bonds is 13. The number of hydrogen-bond acceptors (Lipinski definition) is 5. The topological polar surface area (TPSA) is 84.7 Å². The first kappa shape index (κ1) is 36.9. The van der Waals surface area contributed by atoms with E-state index in [9.17, 15) is 9.59 Å². The average molecular weight is 654 g/mol. The van der Waals surface area contributed by atoms with Crippen LogP contribution in [0.4, 0.5) is 0 Å². The molecule has 0 aromatic carbocycles. The zero-order chi connectivity index (χ0) is 34.4. The summed E-state index contributed by atoms with van der Waals surface area (Å²) in [6, 6.07) is 0. The van der Waals surface area contributed by atoms with E-state index in [-0.39, 0.29) is 41.7 Å². The third-order valence-electron chi connectivity index (χ3n) is 16.2. The van der Waals surface area contributed by atoms with Gasteiger partial charge < -0.3 is 20.7 Å². The molecular weight excluding hydrogens is 582 g/mol. The SMILES string of the molecule is C=C(CNCCN(CC)CC)[C@@H]1CC[C@]2(C)CC[C@]3(C)[C@H](CC[C@@H]4[C@@]5(C)CC[C@H](OC(=O)CCCC(N)=O)C(C)(C)[C@@H]5CC[C@]43C)[C@@H]12. The molecule has 10 atom stereocenters. The van der Waals surface area contributed by atoms with Crippen LogP contribution in [0.3, 0.4) is 0 Å². The fourth-order valence-corrected chi connectivity index (χ4v) is 13.4. The fourth-order valence-electron chi connectivity index (χ4n) is 13.4. The van der Waals surface area contributed by atoms with Crippen LogP contribution in [0.2, 0.25) is 0 Å². The maximum absolute atomic E-state index is 12.8. The largest absolute Gasteiger partial charge is 0.462 e. The number of carbonyl (C=O) groups excluding carboxylic acids is 2. The van der Waals surface area contributed by atoms with Crippen molar-refractivity contribution in [2.75, 3.05) is 32.7 Å². The summed E-state index contributed by atoms with van der Waals surface area (Å²) >= 11 is 0. The minimum Gasteiger partial charge on any atom is -0.462 e. The van der Waals surface area contributed by atoms with Gasteiger partial charge in [-0.25, -0.2) is 0 Å². The maximum Gasteiger partial charge on any atom is 0.306 e. The molecule has 5 aliphatic carbocycles. The van der Waals surface area contributed by atoms with E-state index in [2.05, 4.69) is 65.6 Å². The number of fused-ring (bicyclic) bond motifs is 7. The molecular formula is C41H71N3O3. The Bertz CT molecular complexity index is 1160. The lowest BCUT2D eigenvalue weighted by atomic mass is 9.32. The number of likely N-dealkylation sites (N-methyl/N-ethyl adjacent to an activating group) is 1. The number of ether oxygens (including phenoxy) is 1. The highest BCUT2D eigenvalue weighted by Gasteiger charge is 2.70. The van der Waals surface area contributed by atoms with Crippen molar-refractivity contribution < 1.29 is 14.3 Å². The molecule has 0 radical (unpaired) electrons. The van der Waals surface area contributed by atoms with Crippen molar-refractivity contribution in [3.05, 3.63) is 12.2 Å². The molecule has 0 bridgehead atoms. The number of carbonyl (C=O) groups is 2. The van der Waals surface area contributed by atoms with Gasteiger partial charge in [-0.2, -0.15) is 0 Å². The molecule has 3 N–H and O–H groups in total. The van der Waals surface area contributed by atoms with Crippen LogP contribution in [0, 0.1) is 56.7 Å². The van der Waals surface area contributed by atoms with E-state index in [1.54, 1.807) is 0 Å². The Labute approximate surface area is 288 Å². The predicted octanol–water partition coefficient (Wildman–Crippen LogP) is 8.14. The van der Waals surface area contributed by atoms with Crippen molar-refractivity contribution in [3.8, 4) is 0 Å². The number of nitrogens with one attached hydrogen (secondary N) is 1. The van der Waals surface area contributed by atoms with Crippen molar-refractivity contribution in [1.82, 2.24) is 10.2 Å². The van der Waals surface area contributed by atoms with Gasteiger partial charge in [0, 0.05) is 37.9 Å². The number of esters is 1. The van der Waals surface area contributed by atoms with E-state index in [0.29, 0.717) is 40.4 Å². The summed E-state index contributed by atoms with van der Waals surface area (Å²) in [4.78, 5) is 26.5. The number of nitrogens with two attached hydrogens (primary N) is 1. The van der Waals surface area contributed by atoms with E-state index in [1.165, 1.54) is 56.9 Å². The van der Waals surface area contributed by atoms with Crippen molar-refractivity contribution >= 4 is 11.9 Å². The summed E-state index contributed by atoms with van der Waals surface area (Å²) in [6.45, 7) is 30.1. The van der Waals surface area contributed by atoms with Crippen molar-refractivity contribution in [2.45, 2.75) is 145 Å². The smallest absolute Gasteiger partial charge is 0.306 e. The molecule has 47 heavy (non-hydrogen) atoms. The summed E-state index contributed by atoms with van der Waals surface area (Å²) in [7, 11) is 0. The Hall–Kier alpha value is -1.40. The molecule has 0 saturated heterocycles. The molecule has 0 aromatic rings. The quantitative estimate of drug-likeness (QED) is 0.119. The maximum atomic E-state index is 12.8. The van der Waals surface area contributed by atoms with Crippen LogP contribution in [0.5, 0.6) is 0 Å². The first-order valence-electron chi connectivity index (χ1n) is 19.7. The fraction of sp³-hybridized carbons (Fsp3) is 0.902.